The Morgan fingerprint density at radius 1 is 0.920 bits per heavy atom. The molecule has 3 rings (SSSR count). The summed E-state index contributed by atoms with van der Waals surface area (Å²) in [6.07, 6.45) is -3.32. The van der Waals surface area contributed by atoms with E-state index in [9.17, 15) is 17.6 Å². The fourth-order valence-corrected chi connectivity index (χ4v) is 2.09. The van der Waals surface area contributed by atoms with E-state index in [0.29, 0.717) is 5.69 Å². The first kappa shape index (κ1) is 16.6. The highest BCUT2D eigenvalue weighted by Gasteiger charge is 2.33. The van der Waals surface area contributed by atoms with Crippen molar-refractivity contribution in [2.24, 2.45) is 0 Å². The van der Waals surface area contributed by atoms with Gasteiger partial charge < -0.3 is 10.6 Å². The Morgan fingerprint density at radius 3 is 2.48 bits per heavy atom. The zero-order chi connectivity index (χ0) is 17.9. The highest BCUT2D eigenvalue weighted by Crippen LogP contribution is 2.35. The van der Waals surface area contributed by atoms with Crippen LogP contribution in [0, 0.1) is 5.82 Å². The second-order valence-corrected chi connectivity index (χ2v) is 4.97. The van der Waals surface area contributed by atoms with Crippen LogP contribution in [0.25, 0.3) is 0 Å². The Morgan fingerprint density at radius 2 is 1.72 bits per heavy atom. The highest BCUT2D eigenvalue weighted by molar-refractivity contribution is 5.62. The molecule has 1 aromatic heterocycles. The van der Waals surface area contributed by atoms with Crippen LogP contribution in [0.1, 0.15) is 5.56 Å². The Labute approximate surface area is 139 Å². The summed E-state index contributed by atoms with van der Waals surface area (Å²) in [5.41, 5.74) is -0.602. The van der Waals surface area contributed by atoms with Gasteiger partial charge in [0.1, 0.15) is 5.82 Å². The van der Waals surface area contributed by atoms with Gasteiger partial charge in [-0.15, -0.1) is 5.10 Å². The predicted octanol–water partition coefficient (Wildman–Crippen LogP) is 4.52. The minimum atomic E-state index is -4.51. The van der Waals surface area contributed by atoms with Gasteiger partial charge in [-0.2, -0.15) is 23.3 Å². The number of halogens is 4. The Balaban J connectivity index is 1.83. The van der Waals surface area contributed by atoms with Crippen LogP contribution in [0.4, 0.5) is 40.7 Å². The van der Waals surface area contributed by atoms with E-state index in [4.69, 9.17) is 0 Å². The monoisotopic (exact) mass is 349 g/mol. The van der Waals surface area contributed by atoms with Gasteiger partial charge in [0.15, 0.2) is 5.82 Å². The lowest BCUT2D eigenvalue weighted by Crippen LogP contribution is -2.09. The number of nitrogens with zero attached hydrogens (tertiary/aromatic N) is 3. The van der Waals surface area contributed by atoms with E-state index in [2.05, 4.69) is 25.8 Å². The standard InChI is InChI=1S/C16H11F4N5/c17-10-4-3-5-11(8-10)22-15-24-14(9-21-25-15)23-13-7-2-1-6-12(13)16(18,19)20/h1-9H,(H2,22,23,24,25). The molecule has 3 aromatic rings. The average Bonchev–Trinajstić information content (AvgIpc) is 2.55. The molecule has 0 bridgehead atoms. The zero-order valence-electron chi connectivity index (χ0n) is 12.5. The van der Waals surface area contributed by atoms with Crippen molar-refractivity contribution < 1.29 is 17.6 Å². The molecule has 0 atom stereocenters. The third-order valence-electron chi connectivity index (χ3n) is 3.13. The number of para-hydroxylation sites is 1. The van der Waals surface area contributed by atoms with E-state index in [1.54, 1.807) is 6.07 Å². The normalized spacial score (nSPS) is 11.2. The van der Waals surface area contributed by atoms with Crippen LogP contribution in [-0.4, -0.2) is 15.2 Å². The zero-order valence-corrected chi connectivity index (χ0v) is 12.5. The van der Waals surface area contributed by atoms with Crippen LogP contribution in [0.5, 0.6) is 0 Å². The van der Waals surface area contributed by atoms with Gasteiger partial charge in [0.2, 0.25) is 5.95 Å². The second kappa shape index (κ2) is 6.71. The third kappa shape index (κ3) is 4.19. The first-order valence-corrected chi connectivity index (χ1v) is 7.07. The van der Waals surface area contributed by atoms with Crippen molar-refractivity contribution >= 4 is 23.1 Å². The number of hydrogen-bond acceptors (Lipinski definition) is 5. The molecule has 2 aromatic carbocycles. The minimum Gasteiger partial charge on any atom is -0.338 e. The first-order chi connectivity index (χ1) is 11.9. The summed E-state index contributed by atoms with van der Waals surface area (Å²) in [4.78, 5) is 4.03. The van der Waals surface area contributed by atoms with Crippen molar-refractivity contribution in [3.8, 4) is 0 Å². The van der Waals surface area contributed by atoms with Crippen LogP contribution in [-0.2, 0) is 6.18 Å². The Kier molecular flexibility index (Phi) is 4.46. The number of aromatic nitrogens is 3. The fraction of sp³-hybridized carbons (Fsp3) is 0.0625. The SMILES string of the molecule is Fc1cccc(Nc2nncc(Nc3ccccc3C(F)(F)F)n2)c1. The van der Waals surface area contributed by atoms with Crippen LogP contribution >= 0.6 is 0 Å². The summed E-state index contributed by atoms with van der Waals surface area (Å²) >= 11 is 0. The quantitative estimate of drug-likeness (QED) is 0.678. The number of rotatable bonds is 4. The summed E-state index contributed by atoms with van der Waals surface area (Å²) in [6, 6.07) is 10.6. The van der Waals surface area contributed by atoms with E-state index < -0.39 is 17.6 Å². The van der Waals surface area contributed by atoms with Crippen LogP contribution in [0.2, 0.25) is 0 Å². The molecule has 0 unspecified atom stereocenters. The number of nitrogens with one attached hydrogen (secondary N) is 2. The van der Waals surface area contributed by atoms with Gasteiger partial charge in [0.05, 0.1) is 17.4 Å². The molecule has 9 heteroatoms. The van der Waals surface area contributed by atoms with Crippen LogP contribution < -0.4 is 10.6 Å². The van der Waals surface area contributed by atoms with Gasteiger partial charge in [-0.05, 0) is 30.3 Å². The molecule has 0 aliphatic heterocycles. The summed E-state index contributed by atoms with van der Waals surface area (Å²) < 4.78 is 52.2. The largest absolute Gasteiger partial charge is 0.418 e. The van der Waals surface area contributed by atoms with E-state index in [0.717, 1.165) is 6.07 Å². The molecule has 2 N–H and O–H groups in total. The van der Waals surface area contributed by atoms with Crippen molar-refractivity contribution in [1.29, 1.82) is 0 Å². The second-order valence-electron chi connectivity index (χ2n) is 4.97. The summed E-state index contributed by atoms with van der Waals surface area (Å²) in [6.45, 7) is 0. The molecule has 0 radical (unpaired) electrons. The van der Waals surface area contributed by atoms with Gasteiger partial charge >= 0.3 is 6.18 Å². The van der Waals surface area contributed by atoms with Crippen molar-refractivity contribution in [3.63, 3.8) is 0 Å². The van der Waals surface area contributed by atoms with Crippen molar-refractivity contribution in [2.75, 3.05) is 10.6 Å². The van der Waals surface area contributed by atoms with E-state index in [1.165, 1.54) is 42.6 Å². The van der Waals surface area contributed by atoms with Gasteiger partial charge in [0, 0.05) is 5.69 Å². The number of alkyl halides is 3. The molecule has 25 heavy (non-hydrogen) atoms. The van der Waals surface area contributed by atoms with Crippen LogP contribution in [0.15, 0.2) is 54.7 Å². The van der Waals surface area contributed by atoms with Gasteiger partial charge in [-0.1, -0.05) is 18.2 Å². The summed E-state index contributed by atoms with van der Waals surface area (Å²) in [5, 5.41) is 12.7. The number of hydrogen-bond donors (Lipinski definition) is 2. The van der Waals surface area contributed by atoms with E-state index in [1.807, 2.05) is 0 Å². The fourth-order valence-electron chi connectivity index (χ4n) is 2.09. The first-order valence-electron chi connectivity index (χ1n) is 7.07. The van der Waals surface area contributed by atoms with Crippen LogP contribution in [0.3, 0.4) is 0 Å². The maximum absolute atomic E-state index is 13.2. The molecule has 5 nitrogen and oxygen atoms in total. The molecule has 0 amide bonds. The van der Waals surface area contributed by atoms with Gasteiger partial charge in [-0.25, -0.2) is 4.39 Å². The highest BCUT2D eigenvalue weighted by atomic mass is 19.4. The molecule has 1 heterocycles. The summed E-state index contributed by atoms with van der Waals surface area (Å²) in [7, 11) is 0. The smallest absolute Gasteiger partial charge is 0.338 e. The maximum atomic E-state index is 13.2. The van der Waals surface area contributed by atoms with Crippen molar-refractivity contribution in [2.45, 2.75) is 6.18 Å². The molecule has 0 aliphatic carbocycles. The third-order valence-corrected chi connectivity index (χ3v) is 3.13. The van der Waals surface area contributed by atoms with E-state index in [-0.39, 0.29) is 17.5 Å². The molecule has 0 spiro atoms. The molecular weight excluding hydrogens is 338 g/mol. The molecule has 0 saturated heterocycles. The van der Waals surface area contributed by atoms with Crippen molar-refractivity contribution in [1.82, 2.24) is 15.2 Å². The lowest BCUT2D eigenvalue weighted by molar-refractivity contribution is -0.136. The maximum Gasteiger partial charge on any atom is 0.418 e. The lowest BCUT2D eigenvalue weighted by atomic mass is 10.1. The van der Waals surface area contributed by atoms with E-state index >= 15 is 0 Å². The van der Waals surface area contributed by atoms with Crippen molar-refractivity contribution in [3.05, 3.63) is 66.1 Å². The lowest BCUT2D eigenvalue weighted by Gasteiger charge is -2.14. The molecular formula is C16H11F4N5. The number of anilines is 4. The molecule has 0 aliphatic rings. The predicted molar refractivity (Wildman–Crippen MR) is 84.2 cm³/mol. The average molecular weight is 349 g/mol. The molecule has 0 fully saturated rings. The topological polar surface area (TPSA) is 62.7 Å². The number of benzene rings is 2. The Hall–Kier alpha value is -3.23. The van der Waals surface area contributed by atoms with Gasteiger partial charge in [-0.3, -0.25) is 0 Å². The minimum absolute atomic E-state index is 0.0140. The molecule has 128 valence electrons. The molecule has 0 saturated carbocycles. The summed E-state index contributed by atoms with van der Waals surface area (Å²) in [5.74, 6) is -0.378. The van der Waals surface area contributed by atoms with Gasteiger partial charge in [0.25, 0.3) is 0 Å². The Bertz CT molecular complexity index is 882.